The van der Waals surface area contributed by atoms with E-state index in [9.17, 15) is 0 Å². The van der Waals surface area contributed by atoms with Gasteiger partial charge in [-0.25, -0.2) is 4.98 Å². The second-order valence-corrected chi connectivity index (χ2v) is 7.94. The summed E-state index contributed by atoms with van der Waals surface area (Å²) in [6, 6.07) is 25.3. The van der Waals surface area contributed by atoms with Crippen molar-refractivity contribution in [3.63, 3.8) is 0 Å². The Balaban J connectivity index is 1.83. The van der Waals surface area contributed by atoms with Crippen LogP contribution < -0.4 is 0 Å². The monoisotopic (exact) mass is 373 g/mol. The Morgan fingerprint density at radius 3 is 2.50 bits per heavy atom. The van der Waals surface area contributed by atoms with Gasteiger partial charge in [-0.15, -0.1) is 11.3 Å². The van der Waals surface area contributed by atoms with Crippen LogP contribution in [0.15, 0.2) is 72.8 Å². The largest absolute Gasteiger partial charge is 0.236 e. The quantitative estimate of drug-likeness (QED) is 0.349. The molecule has 0 atom stereocenters. The third-order valence-electron chi connectivity index (χ3n) is 4.26. The number of thiazole rings is 1. The Labute approximate surface area is 162 Å². The first-order valence-corrected chi connectivity index (χ1v) is 10.8. The third-order valence-corrected chi connectivity index (χ3v) is 5.93. The van der Waals surface area contributed by atoms with Crippen LogP contribution in [0.2, 0.25) is 0 Å². The molecule has 0 radical (unpaired) electrons. The molecule has 0 aliphatic carbocycles. The van der Waals surface area contributed by atoms with Crippen molar-refractivity contribution in [1.82, 2.24) is 4.98 Å². The van der Waals surface area contributed by atoms with E-state index in [1.165, 1.54) is 27.0 Å². The standard InChI is InChI=1S/C23H19NS2/c1-25-16-18-10-7-11-20(19(18)15-14-17-8-3-2-4-9-17)23-24-21-12-5-6-13-22(21)26-23/h2-15H,16H2,1H3. The van der Waals surface area contributed by atoms with Gasteiger partial charge in [-0.1, -0.05) is 72.8 Å². The predicted octanol–water partition coefficient (Wildman–Crippen LogP) is 7.00. The number of fused-ring (bicyclic) bond motifs is 1. The summed E-state index contributed by atoms with van der Waals surface area (Å²) in [6.45, 7) is 0. The summed E-state index contributed by atoms with van der Waals surface area (Å²) in [5.74, 6) is 0.993. The van der Waals surface area contributed by atoms with Crippen LogP contribution in [0.1, 0.15) is 16.7 Å². The first-order chi connectivity index (χ1) is 12.8. The number of hydrogen-bond donors (Lipinski definition) is 0. The molecule has 0 saturated heterocycles. The van der Waals surface area contributed by atoms with Crippen LogP contribution in [0.3, 0.4) is 0 Å². The van der Waals surface area contributed by atoms with E-state index in [-0.39, 0.29) is 0 Å². The van der Waals surface area contributed by atoms with E-state index >= 15 is 0 Å². The maximum absolute atomic E-state index is 4.88. The number of aromatic nitrogens is 1. The fourth-order valence-corrected chi connectivity index (χ4v) is 4.58. The molecule has 0 aliphatic heterocycles. The highest BCUT2D eigenvalue weighted by molar-refractivity contribution is 7.97. The van der Waals surface area contributed by atoms with Gasteiger partial charge in [0.15, 0.2) is 0 Å². The summed E-state index contributed by atoms with van der Waals surface area (Å²) < 4.78 is 1.23. The molecule has 3 heteroatoms. The summed E-state index contributed by atoms with van der Waals surface area (Å²) >= 11 is 3.61. The molecule has 0 amide bonds. The Kier molecular flexibility index (Phi) is 5.19. The molecule has 0 unspecified atom stereocenters. The molecule has 0 N–H and O–H groups in total. The summed E-state index contributed by atoms with van der Waals surface area (Å²) in [4.78, 5) is 4.88. The number of hydrogen-bond acceptors (Lipinski definition) is 3. The lowest BCUT2D eigenvalue weighted by molar-refractivity contribution is 1.38. The van der Waals surface area contributed by atoms with Gasteiger partial charge in [0.2, 0.25) is 0 Å². The maximum atomic E-state index is 4.88. The third kappa shape index (κ3) is 3.59. The Hall–Kier alpha value is -2.36. The predicted molar refractivity (Wildman–Crippen MR) is 118 cm³/mol. The average Bonchev–Trinajstić information content (AvgIpc) is 3.12. The summed E-state index contributed by atoms with van der Waals surface area (Å²) in [7, 11) is 0. The highest BCUT2D eigenvalue weighted by Crippen LogP contribution is 2.35. The molecular weight excluding hydrogens is 354 g/mol. The van der Waals surface area contributed by atoms with Gasteiger partial charge in [0.25, 0.3) is 0 Å². The number of benzene rings is 3. The van der Waals surface area contributed by atoms with Crippen LogP contribution in [0.25, 0.3) is 32.9 Å². The molecule has 0 aliphatic rings. The van der Waals surface area contributed by atoms with Gasteiger partial charge < -0.3 is 0 Å². The van der Waals surface area contributed by atoms with Crippen LogP contribution in [0.5, 0.6) is 0 Å². The molecule has 128 valence electrons. The number of para-hydroxylation sites is 1. The summed E-state index contributed by atoms with van der Waals surface area (Å²) in [5, 5.41) is 1.09. The Bertz CT molecular complexity index is 1020. The van der Waals surface area contributed by atoms with Gasteiger partial charge in [0.05, 0.1) is 10.2 Å². The smallest absolute Gasteiger partial charge is 0.125 e. The lowest BCUT2D eigenvalue weighted by atomic mass is 10.0. The second-order valence-electron chi connectivity index (χ2n) is 6.04. The second kappa shape index (κ2) is 7.90. The van der Waals surface area contributed by atoms with E-state index in [0.717, 1.165) is 16.3 Å². The lowest BCUT2D eigenvalue weighted by Gasteiger charge is -2.09. The zero-order valence-corrected chi connectivity index (χ0v) is 16.2. The molecule has 1 nitrogen and oxygen atoms in total. The van der Waals surface area contributed by atoms with Crippen molar-refractivity contribution in [1.29, 1.82) is 0 Å². The van der Waals surface area contributed by atoms with E-state index in [4.69, 9.17) is 4.98 Å². The number of thioether (sulfide) groups is 1. The highest BCUT2D eigenvalue weighted by Gasteiger charge is 2.12. The van der Waals surface area contributed by atoms with Gasteiger partial charge in [-0.3, -0.25) is 0 Å². The van der Waals surface area contributed by atoms with Crippen molar-refractivity contribution in [2.75, 3.05) is 6.26 Å². The molecule has 1 heterocycles. The van der Waals surface area contributed by atoms with Gasteiger partial charge >= 0.3 is 0 Å². The van der Waals surface area contributed by atoms with Crippen LogP contribution in [0.4, 0.5) is 0 Å². The SMILES string of the molecule is CSCc1cccc(-c2nc3ccccc3s2)c1C=Cc1ccccc1. The van der Waals surface area contributed by atoms with Gasteiger partial charge in [0.1, 0.15) is 5.01 Å². The average molecular weight is 374 g/mol. The van der Waals surface area contributed by atoms with Crippen LogP contribution in [0, 0.1) is 0 Å². The molecule has 3 aromatic carbocycles. The molecule has 0 spiro atoms. The van der Waals surface area contributed by atoms with Crippen LogP contribution >= 0.6 is 23.1 Å². The molecule has 4 aromatic rings. The van der Waals surface area contributed by atoms with E-state index in [2.05, 4.69) is 79.1 Å². The van der Waals surface area contributed by atoms with Gasteiger partial charge in [-0.2, -0.15) is 11.8 Å². The molecule has 0 fully saturated rings. The van der Waals surface area contributed by atoms with E-state index in [1.54, 1.807) is 11.3 Å². The van der Waals surface area contributed by atoms with Crippen molar-refractivity contribution in [3.8, 4) is 10.6 Å². The Morgan fingerprint density at radius 2 is 1.69 bits per heavy atom. The minimum atomic E-state index is 0.993. The van der Waals surface area contributed by atoms with Crippen molar-refractivity contribution in [2.45, 2.75) is 5.75 Å². The summed E-state index contributed by atoms with van der Waals surface area (Å²) in [6.07, 6.45) is 6.58. The topological polar surface area (TPSA) is 12.9 Å². The zero-order chi connectivity index (χ0) is 17.8. The number of rotatable bonds is 5. The fraction of sp³-hybridized carbons (Fsp3) is 0.0870. The van der Waals surface area contributed by atoms with E-state index in [0.29, 0.717) is 0 Å². The lowest BCUT2D eigenvalue weighted by Crippen LogP contribution is -1.91. The molecular formula is C23H19NS2. The normalized spacial score (nSPS) is 11.4. The molecule has 0 saturated carbocycles. The minimum Gasteiger partial charge on any atom is -0.236 e. The molecule has 1 aromatic heterocycles. The highest BCUT2D eigenvalue weighted by atomic mass is 32.2. The Morgan fingerprint density at radius 1 is 0.885 bits per heavy atom. The van der Waals surface area contributed by atoms with Gasteiger partial charge in [-0.05, 0) is 35.1 Å². The molecule has 4 rings (SSSR count). The molecule has 0 bridgehead atoms. The van der Waals surface area contributed by atoms with Crippen LogP contribution in [-0.4, -0.2) is 11.2 Å². The first kappa shape index (κ1) is 17.1. The minimum absolute atomic E-state index is 0.993. The fourth-order valence-electron chi connectivity index (χ4n) is 3.01. The number of nitrogens with zero attached hydrogens (tertiary/aromatic N) is 1. The van der Waals surface area contributed by atoms with E-state index in [1.807, 2.05) is 23.9 Å². The van der Waals surface area contributed by atoms with Crippen molar-refractivity contribution < 1.29 is 0 Å². The zero-order valence-electron chi connectivity index (χ0n) is 14.6. The van der Waals surface area contributed by atoms with Crippen molar-refractivity contribution >= 4 is 45.5 Å². The summed E-state index contributed by atoms with van der Waals surface area (Å²) in [5.41, 5.74) is 6.11. The van der Waals surface area contributed by atoms with Crippen LogP contribution in [-0.2, 0) is 5.75 Å². The van der Waals surface area contributed by atoms with Gasteiger partial charge in [0, 0.05) is 11.3 Å². The van der Waals surface area contributed by atoms with Crippen molar-refractivity contribution in [2.24, 2.45) is 0 Å². The first-order valence-electron chi connectivity index (χ1n) is 8.55. The van der Waals surface area contributed by atoms with Crippen molar-refractivity contribution in [3.05, 3.63) is 89.5 Å². The maximum Gasteiger partial charge on any atom is 0.125 e. The molecule has 26 heavy (non-hydrogen) atoms. The van der Waals surface area contributed by atoms with E-state index < -0.39 is 0 Å².